The van der Waals surface area contributed by atoms with Crippen LogP contribution in [0.3, 0.4) is 0 Å². The summed E-state index contributed by atoms with van der Waals surface area (Å²) in [4.78, 5) is 12.8. The molecule has 0 radical (unpaired) electrons. The molecule has 0 aromatic heterocycles. The Kier molecular flexibility index (Phi) is 7.88. The molecule has 150 valence electrons. The van der Waals surface area contributed by atoms with Gasteiger partial charge in [-0.05, 0) is 48.4 Å². The number of Topliss-reactive ketones (excluding diaryl/α,β-unsaturated/α-hetero) is 1. The second kappa shape index (κ2) is 10.8. The maximum Gasteiger partial charge on any atom is 0.165 e. The third-order valence-corrected chi connectivity index (χ3v) is 5.25. The normalized spacial score (nSPS) is 11.7. The zero-order valence-electron chi connectivity index (χ0n) is 16.6. The molecule has 0 bridgehead atoms. The van der Waals surface area contributed by atoms with Crippen LogP contribution in [0.2, 0.25) is 0 Å². The quantitative estimate of drug-likeness (QED) is 0.265. The van der Waals surface area contributed by atoms with Crippen LogP contribution in [0.5, 0.6) is 5.75 Å². The fraction of sp³-hybridized carbons (Fsp3) is 0.240. The van der Waals surface area contributed by atoms with E-state index in [9.17, 15) is 4.79 Å². The molecule has 1 atom stereocenters. The molecular formula is C25H26BrNO2. The van der Waals surface area contributed by atoms with Crippen molar-refractivity contribution in [2.75, 3.05) is 11.9 Å². The predicted octanol–water partition coefficient (Wildman–Crippen LogP) is 7.05. The molecule has 0 aliphatic carbocycles. The molecule has 3 aromatic carbocycles. The topological polar surface area (TPSA) is 38.3 Å². The summed E-state index contributed by atoms with van der Waals surface area (Å²) in [6.07, 6.45) is 2.52. The van der Waals surface area contributed by atoms with E-state index >= 15 is 0 Å². The van der Waals surface area contributed by atoms with Crippen molar-refractivity contribution < 1.29 is 9.53 Å². The van der Waals surface area contributed by atoms with Crippen molar-refractivity contribution in [2.24, 2.45) is 0 Å². The third-order valence-electron chi connectivity index (χ3n) is 4.72. The van der Waals surface area contributed by atoms with Crippen LogP contribution < -0.4 is 10.1 Å². The molecule has 0 aliphatic rings. The van der Waals surface area contributed by atoms with E-state index in [0.29, 0.717) is 6.42 Å². The summed E-state index contributed by atoms with van der Waals surface area (Å²) in [5.41, 5.74) is 2.76. The van der Waals surface area contributed by atoms with E-state index < -0.39 is 0 Å². The van der Waals surface area contributed by atoms with Crippen molar-refractivity contribution in [3.8, 4) is 5.75 Å². The number of halogens is 1. The van der Waals surface area contributed by atoms with E-state index in [1.165, 1.54) is 0 Å². The summed E-state index contributed by atoms with van der Waals surface area (Å²) in [7, 11) is 0. The van der Waals surface area contributed by atoms with Crippen LogP contribution >= 0.6 is 15.9 Å². The molecule has 3 aromatic rings. The number of unbranched alkanes of at least 4 members (excludes halogenated alkanes) is 1. The number of rotatable bonds is 10. The molecule has 0 heterocycles. The second-order valence-corrected chi connectivity index (χ2v) is 7.88. The van der Waals surface area contributed by atoms with E-state index in [4.69, 9.17) is 4.74 Å². The standard InChI is InChI=1S/C25H26BrNO2/c1-2-3-17-29-23-15-9-19(10-16-23)24(27-22-13-11-21(26)12-14-22)18-25(28)20-7-5-4-6-8-20/h4-16,24,27H,2-3,17-18H2,1H3/t24-/m1/s1. The lowest BCUT2D eigenvalue weighted by molar-refractivity contribution is 0.0976. The minimum Gasteiger partial charge on any atom is -0.494 e. The Morgan fingerprint density at radius 1 is 0.966 bits per heavy atom. The Morgan fingerprint density at radius 2 is 1.66 bits per heavy atom. The summed E-state index contributed by atoms with van der Waals surface area (Å²) in [6, 6.07) is 25.3. The first kappa shape index (κ1) is 21.1. The first-order valence-electron chi connectivity index (χ1n) is 9.99. The molecule has 4 heteroatoms. The molecule has 0 fully saturated rings. The van der Waals surface area contributed by atoms with Crippen LogP contribution in [0.4, 0.5) is 5.69 Å². The number of ketones is 1. The summed E-state index contributed by atoms with van der Waals surface area (Å²) in [6.45, 7) is 2.87. The van der Waals surface area contributed by atoms with Crippen molar-refractivity contribution in [3.63, 3.8) is 0 Å². The molecule has 29 heavy (non-hydrogen) atoms. The van der Waals surface area contributed by atoms with Gasteiger partial charge in [-0.2, -0.15) is 0 Å². The van der Waals surface area contributed by atoms with Crippen molar-refractivity contribution in [1.82, 2.24) is 0 Å². The Balaban J connectivity index is 1.78. The second-order valence-electron chi connectivity index (χ2n) is 6.97. The highest BCUT2D eigenvalue weighted by Crippen LogP contribution is 2.27. The highest BCUT2D eigenvalue weighted by molar-refractivity contribution is 9.10. The van der Waals surface area contributed by atoms with Crippen LogP contribution in [-0.2, 0) is 0 Å². The average molecular weight is 452 g/mol. The van der Waals surface area contributed by atoms with E-state index in [0.717, 1.165) is 46.5 Å². The lowest BCUT2D eigenvalue weighted by atomic mass is 9.97. The van der Waals surface area contributed by atoms with Gasteiger partial charge >= 0.3 is 0 Å². The minimum atomic E-state index is -0.131. The van der Waals surface area contributed by atoms with Crippen LogP contribution in [0.25, 0.3) is 0 Å². The highest BCUT2D eigenvalue weighted by Gasteiger charge is 2.17. The van der Waals surface area contributed by atoms with Gasteiger partial charge in [0, 0.05) is 22.1 Å². The smallest absolute Gasteiger partial charge is 0.165 e. The van der Waals surface area contributed by atoms with Crippen molar-refractivity contribution in [1.29, 1.82) is 0 Å². The fourth-order valence-corrected chi connectivity index (χ4v) is 3.32. The summed E-state index contributed by atoms with van der Waals surface area (Å²) < 4.78 is 6.79. The van der Waals surface area contributed by atoms with Gasteiger partial charge in [-0.3, -0.25) is 4.79 Å². The molecule has 0 unspecified atom stereocenters. The van der Waals surface area contributed by atoms with Crippen LogP contribution in [0.1, 0.15) is 48.1 Å². The number of nitrogens with one attached hydrogen (secondary N) is 1. The van der Waals surface area contributed by atoms with Gasteiger partial charge < -0.3 is 10.1 Å². The number of ether oxygens (including phenoxy) is 1. The predicted molar refractivity (Wildman–Crippen MR) is 123 cm³/mol. The molecular weight excluding hydrogens is 426 g/mol. The van der Waals surface area contributed by atoms with Gasteiger partial charge in [-0.15, -0.1) is 0 Å². The SMILES string of the molecule is CCCCOc1ccc([C@@H](CC(=O)c2ccccc2)Nc2ccc(Br)cc2)cc1. The summed E-state index contributed by atoms with van der Waals surface area (Å²) in [5, 5.41) is 3.51. The van der Waals surface area contributed by atoms with Gasteiger partial charge in [0.15, 0.2) is 5.78 Å². The van der Waals surface area contributed by atoms with Crippen molar-refractivity contribution in [2.45, 2.75) is 32.2 Å². The van der Waals surface area contributed by atoms with Gasteiger partial charge in [0.25, 0.3) is 0 Å². The molecule has 0 saturated heterocycles. The molecule has 0 aliphatic heterocycles. The lowest BCUT2D eigenvalue weighted by Crippen LogP contribution is -2.16. The van der Waals surface area contributed by atoms with Crippen LogP contribution in [0.15, 0.2) is 83.3 Å². The van der Waals surface area contributed by atoms with Gasteiger partial charge in [0.2, 0.25) is 0 Å². The first-order chi connectivity index (χ1) is 14.2. The molecule has 3 rings (SSSR count). The van der Waals surface area contributed by atoms with Crippen LogP contribution in [0, 0.1) is 0 Å². The number of carbonyl (C=O) groups is 1. The summed E-state index contributed by atoms with van der Waals surface area (Å²) >= 11 is 3.47. The van der Waals surface area contributed by atoms with E-state index in [1.807, 2.05) is 78.9 Å². The Labute approximate surface area is 181 Å². The average Bonchev–Trinajstić information content (AvgIpc) is 2.76. The maximum atomic E-state index is 12.8. The number of hydrogen-bond donors (Lipinski definition) is 1. The van der Waals surface area contributed by atoms with Crippen LogP contribution in [-0.4, -0.2) is 12.4 Å². The largest absolute Gasteiger partial charge is 0.494 e. The summed E-state index contributed by atoms with van der Waals surface area (Å²) in [5.74, 6) is 0.975. The van der Waals surface area contributed by atoms with E-state index in [-0.39, 0.29) is 11.8 Å². The highest BCUT2D eigenvalue weighted by atomic mass is 79.9. The molecule has 1 N–H and O–H groups in total. The molecule has 0 saturated carbocycles. The number of carbonyl (C=O) groups excluding carboxylic acids is 1. The number of hydrogen-bond acceptors (Lipinski definition) is 3. The van der Waals surface area contributed by atoms with Gasteiger partial charge in [0.05, 0.1) is 12.6 Å². The number of benzene rings is 3. The Hall–Kier alpha value is -2.59. The van der Waals surface area contributed by atoms with Gasteiger partial charge in [0.1, 0.15) is 5.75 Å². The lowest BCUT2D eigenvalue weighted by Gasteiger charge is -2.20. The Morgan fingerprint density at radius 3 is 2.31 bits per heavy atom. The zero-order chi connectivity index (χ0) is 20.5. The molecule has 0 amide bonds. The van der Waals surface area contributed by atoms with Gasteiger partial charge in [-0.1, -0.05) is 71.7 Å². The van der Waals surface area contributed by atoms with Crippen molar-refractivity contribution in [3.05, 3.63) is 94.5 Å². The maximum absolute atomic E-state index is 12.8. The van der Waals surface area contributed by atoms with Crippen molar-refractivity contribution >= 4 is 27.4 Å². The van der Waals surface area contributed by atoms with Gasteiger partial charge in [-0.25, -0.2) is 0 Å². The van der Waals surface area contributed by atoms with E-state index in [1.54, 1.807) is 0 Å². The fourth-order valence-electron chi connectivity index (χ4n) is 3.06. The molecule has 0 spiro atoms. The first-order valence-corrected chi connectivity index (χ1v) is 10.8. The zero-order valence-corrected chi connectivity index (χ0v) is 18.2. The third kappa shape index (κ3) is 6.47. The Bertz CT molecular complexity index is 892. The molecule has 3 nitrogen and oxygen atoms in total. The minimum absolute atomic E-state index is 0.114. The monoisotopic (exact) mass is 451 g/mol. The number of anilines is 1. The van der Waals surface area contributed by atoms with E-state index in [2.05, 4.69) is 28.2 Å².